The van der Waals surface area contributed by atoms with Crippen LogP contribution in [-0.4, -0.2) is 45.5 Å². The minimum absolute atomic E-state index is 0.0264. The van der Waals surface area contributed by atoms with Crippen molar-refractivity contribution in [2.24, 2.45) is 10.9 Å². The molecular weight excluding hydrogens is 333 g/mol. The molecular formula is C20H32FN3O2. The van der Waals surface area contributed by atoms with E-state index in [1.807, 2.05) is 19.9 Å². The van der Waals surface area contributed by atoms with Crippen molar-refractivity contribution in [3.8, 4) is 0 Å². The van der Waals surface area contributed by atoms with Crippen LogP contribution in [-0.2, 0) is 9.47 Å². The topological polar surface area (TPSA) is 54.9 Å². The largest absolute Gasteiger partial charge is 0.381 e. The van der Waals surface area contributed by atoms with Gasteiger partial charge in [-0.3, -0.25) is 4.99 Å². The van der Waals surface area contributed by atoms with Crippen LogP contribution in [0.5, 0.6) is 0 Å². The van der Waals surface area contributed by atoms with Gasteiger partial charge in [-0.05, 0) is 50.8 Å². The van der Waals surface area contributed by atoms with Crippen LogP contribution in [0.4, 0.5) is 4.39 Å². The summed E-state index contributed by atoms with van der Waals surface area (Å²) in [7, 11) is 0. The molecule has 0 bridgehead atoms. The van der Waals surface area contributed by atoms with Crippen LogP contribution < -0.4 is 10.6 Å². The molecule has 1 saturated heterocycles. The number of aryl methyl sites for hydroxylation is 1. The van der Waals surface area contributed by atoms with E-state index in [1.165, 1.54) is 0 Å². The monoisotopic (exact) mass is 365 g/mol. The van der Waals surface area contributed by atoms with E-state index in [4.69, 9.17) is 9.47 Å². The maximum absolute atomic E-state index is 13.8. The molecule has 2 atom stereocenters. The average Bonchev–Trinajstić information content (AvgIpc) is 3.13. The summed E-state index contributed by atoms with van der Waals surface area (Å²) in [5.41, 5.74) is 1.56. The van der Waals surface area contributed by atoms with Crippen LogP contribution >= 0.6 is 0 Å². The van der Waals surface area contributed by atoms with Gasteiger partial charge in [0, 0.05) is 32.2 Å². The van der Waals surface area contributed by atoms with Crippen LogP contribution in [0, 0.1) is 18.7 Å². The van der Waals surface area contributed by atoms with Gasteiger partial charge in [-0.25, -0.2) is 4.39 Å². The summed E-state index contributed by atoms with van der Waals surface area (Å²) in [6.45, 7) is 10.4. The zero-order valence-electron chi connectivity index (χ0n) is 16.2. The highest BCUT2D eigenvalue weighted by Crippen LogP contribution is 2.16. The van der Waals surface area contributed by atoms with Gasteiger partial charge >= 0.3 is 0 Å². The van der Waals surface area contributed by atoms with Gasteiger partial charge in [0.2, 0.25) is 0 Å². The Kier molecular flexibility index (Phi) is 8.85. The Morgan fingerprint density at radius 1 is 1.46 bits per heavy atom. The Morgan fingerprint density at radius 3 is 3.00 bits per heavy atom. The number of ether oxygens (including phenoxy) is 2. The number of aliphatic imine (C=N–C) groups is 1. The van der Waals surface area contributed by atoms with Crippen molar-refractivity contribution in [2.75, 3.05) is 39.5 Å². The fourth-order valence-corrected chi connectivity index (χ4v) is 2.81. The summed E-state index contributed by atoms with van der Waals surface area (Å²) in [6, 6.07) is 5.30. The van der Waals surface area contributed by atoms with E-state index in [-0.39, 0.29) is 11.9 Å². The summed E-state index contributed by atoms with van der Waals surface area (Å²) in [6.07, 6.45) is 1.97. The van der Waals surface area contributed by atoms with E-state index < -0.39 is 0 Å². The van der Waals surface area contributed by atoms with Gasteiger partial charge < -0.3 is 20.1 Å². The minimum atomic E-state index is -0.178. The van der Waals surface area contributed by atoms with E-state index >= 15 is 0 Å². The van der Waals surface area contributed by atoms with Gasteiger partial charge in [-0.1, -0.05) is 12.1 Å². The highest BCUT2D eigenvalue weighted by atomic mass is 19.1. The van der Waals surface area contributed by atoms with Crippen molar-refractivity contribution >= 4 is 5.96 Å². The molecule has 2 rings (SSSR count). The normalized spacial score (nSPS) is 18.8. The Hall–Kier alpha value is -1.66. The molecule has 2 unspecified atom stereocenters. The van der Waals surface area contributed by atoms with Crippen molar-refractivity contribution in [1.82, 2.24) is 10.6 Å². The van der Waals surface area contributed by atoms with Gasteiger partial charge in [0.05, 0.1) is 19.3 Å². The second-order valence-electron chi connectivity index (χ2n) is 6.79. The first-order valence-electron chi connectivity index (χ1n) is 9.56. The summed E-state index contributed by atoms with van der Waals surface area (Å²) >= 11 is 0. The zero-order valence-corrected chi connectivity index (χ0v) is 16.2. The number of nitrogens with zero attached hydrogens (tertiary/aromatic N) is 1. The third-order valence-electron chi connectivity index (χ3n) is 4.49. The molecule has 0 spiro atoms. The maximum atomic E-state index is 13.8. The van der Waals surface area contributed by atoms with Crippen LogP contribution in [0.3, 0.4) is 0 Å². The standard InChI is InChI=1S/C20H32FN3O2/c1-4-22-20(23-9-5-10-25-13-17-8-11-26-14-17)24-16(3)18-7-6-15(2)19(21)12-18/h6-7,12,16-17H,4-5,8-11,13-14H2,1-3H3,(H2,22,23,24). The summed E-state index contributed by atoms with van der Waals surface area (Å²) in [5, 5.41) is 6.56. The number of benzene rings is 1. The molecule has 0 saturated carbocycles. The highest BCUT2D eigenvalue weighted by Gasteiger charge is 2.15. The second kappa shape index (κ2) is 11.1. The molecule has 0 radical (unpaired) electrons. The van der Waals surface area contributed by atoms with E-state index in [2.05, 4.69) is 15.6 Å². The fraction of sp³-hybridized carbons (Fsp3) is 0.650. The van der Waals surface area contributed by atoms with Gasteiger partial charge in [0.1, 0.15) is 5.82 Å². The van der Waals surface area contributed by atoms with Crippen molar-refractivity contribution in [3.63, 3.8) is 0 Å². The lowest BCUT2D eigenvalue weighted by Crippen LogP contribution is -2.38. The van der Waals surface area contributed by atoms with Crippen LogP contribution in [0.2, 0.25) is 0 Å². The molecule has 1 heterocycles. The SMILES string of the molecule is CCNC(=NCCCOCC1CCOC1)NC(C)c1ccc(C)c(F)c1. The third-order valence-corrected chi connectivity index (χ3v) is 4.49. The lowest BCUT2D eigenvalue weighted by atomic mass is 10.1. The zero-order chi connectivity index (χ0) is 18.8. The van der Waals surface area contributed by atoms with E-state index in [9.17, 15) is 4.39 Å². The number of guanidine groups is 1. The third kappa shape index (κ3) is 6.92. The summed E-state index contributed by atoms with van der Waals surface area (Å²) < 4.78 is 24.8. The van der Waals surface area contributed by atoms with Crippen LogP contribution in [0.25, 0.3) is 0 Å². The molecule has 5 nitrogen and oxygen atoms in total. The van der Waals surface area contributed by atoms with Gasteiger partial charge in [0.15, 0.2) is 5.96 Å². The Morgan fingerprint density at radius 2 is 2.31 bits per heavy atom. The van der Waals surface area contributed by atoms with Crippen LogP contribution in [0.15, 0.2) is 23.2 Å². The Balaban J connectivity index is 1.74. The lowest BCUT2D eigenvalue weighted by molar-refractivity contribution is 0.0893. The highest BCUT2D eigenvalue weighted by molar-refractivity contribution is 5.80. The predicted octanol–water partition coefficient (Wildman–Crippen LogP) is 3.19. The molecule has 0 amide bonds. The molecule has 6 heteroatoms. The number of nitrogens with one attached hydrogen (secondary N) is 2. The number of halogens is 1. The molecule has 1 fully saturated rings. The van der Waals surface area contributed by atoms with Crippen LogP contribution in [0.1, 0.15) is 43.9 Å². The fourth-order valence-electron chi connectivity index (χ4n) is 2.81. The Bertz CT molecular complexity index is 574. The first kappa shape index (κ1) is 20.6. The summed E-state index contributed by atoms with van der Waals surface area (Å²) in [5.74, 6) is 1.11. The lowest BCUT2D eigenvalue weighted by Gasteiger charge is -2.18. The molecule has 0 aromatic heterocycles. The molecule has 1 aromatic rings. The molecule has 2 N–H and O–H groups in total. The molecule has 0 aliphatic carbocycles. The van der Waals surface area contributed by atoms with Crippen molar-refractivity contribution in [2.45, 2.75) is 39.7 Å². The Labute approximate surface area is 156 Å². The first-order valence-corrected chi connectivity index (χ1v) is 9.56. The maximum Gasteiger partial charge on any atom is 0.191 e. The molecule has 1 aromatic carbocycles. The predicted molar refractivity (Wildman–Crippen MR) is 103 cm³/mol. The first-order chi connectivity index (χ1) is 12.6. The molecule has 1 aliphatic rings. The second-order valence-corrected chi connectivity index (χ2v) is 6.79. The number of hydrogen-bond donors (Lipinski definition) is 2. The molecule has 26 heavy (non-hydrogen) atoms. The van der Waals surface area contributed by atoms with Gasteiger partial charge in [-0.2, -0.15) is 0 Å². The smallest absolute Gasteiger partial charge is 0.191 e. The van der Waals surface area contributed by atoms with Gasteiger partial charge in [-0.15, -0.1) is 0 Å². The van der Waals surface area contributed by atoms with Gasteiger partial charge in [0.25, 0.3) is 0 Å². The summed E-state index contributed by atoms with van der Waals surface area (Å²) in [4.78, 5) is 4.58. The van der Waals surface area contributed by atoms with E-state index in [1.54, 1.807) is 19.1 Å². The van der Waals surface area contributed by atoms with Crippen molar-refractivity contribution in [3.05, 3.63) is 35.1 Å². The minimum Gasteiger partial charge on any atom is -0.381 e. The van der Waals surface area contributed by atoms with E-state index in [0.717, 1.165) is 50.7 Å². The molecule has 146 valence electrons. The van der Waals surface area contributed by atoms with E-state index in [0.29, 0.717) is 24.6 Å². The quantitative estimate of drug-likeness (QED) is 0.401. The molecule has 1 aliphatic heterocycles. The average molecular weight is 365 g/mol. The number of hydrogen-bond acceptors (Lipinski definition) is 3. The van der Waals surface area contributed by atoms with Crippen molar-refractivity contribution < 1.29 is 13.9 Å². The van der Waals surface area contributed by atoms with Crippen molar-refractivity contribution in [1.29, 1.82) is 0 Å². The number of rotatable bonds is 9.